The van der Waals surface area contributed by atoms with Crippen molar-refractivity contribution in [3.05, 3.63) is 52.9 Å². The third-order valence-electron chi connectivity index (χ3n) is 2.16. The molecule has 1 aromatic carbocycles. The van der Waals surface area contributed by atoms with E-state index in [-0.39, 0.29) is 22.5 Å². The molecule has 0 spiro atoms. The fourth-order valence-electron chi connectivity index (χ4n) is 1.35. The maximum atomic E-state index is 13.0. The molecule has 2 rings (SSSR count). The van der Waals surface area contributed by atoms with E-state index < -0.39 is 5.82 Å². The van der Waals surface area contributed by atoms with Gasteiger partial charge in [-0.1, -0.05) is 17.7 Å². The Morgan fingerprint density at radius 1 is 1.39 bits per heavy atom. The first kappa shape index (κ1) is 12.3. The number of amidine groups is 1. The summed E-state index contributed by atoms with van der Waals surface area (Å²) >= 11 is 5.99. The molecule has 0 aliphatic carbocycles. The molecule has 1 heterocycles. The first-order valence-corrected chi connectivity index (χ1v) is 5.38. The SMILES string of the molecule is N=C(N)c1ccnc(Oc2cccc(F)c2)c1Cl. The second-order valence-corrected chi connectivity index (χ2v) is 3.83. The van der Waals surface area contributed by atoms with Crippen molar-refractivity contribution >= 4 is 17.4 Å². The van der Waals surface area contributed by atoms with Gasteiger partial charge in [-0.15, -0.1) is 0 Å². The van der Waals surface area contributed by atoms with Gasteiger partial charge in [-0.05, 0) is 18.2 Å². The normalized spacial score (nSPS) is 10.1. The second kappa shape index (κ2) is 5.01. The number of aromatic nitrogens is 1. The van der Waals surface area contributed by atoms with Crippen molar-refractivity contribution in [2.45, 2.75) is 0 Å². The van der Waals surface area contributed by atoms with Gasteiger partial charge in [-0.25, -0.2) is 9.37 Å². The maximum absolute atomic E-state index is 13.0. The molecule has 6 heteroatoms. The number of nitrogens with zero attached hydrogens (tertiary/aromatic N) is 1. The van der Waals surface area contributed by atoms with Crippen molar-refractivity contribution < 1.29 is 9.13 Å². The van der Waals surface area contributed by atoms with E-state index in [4.69, 9.17) is 27.5 Å². The van der Waals surface area contributed by atoms with Crippen LogP contribution in [0.3, 0.4) is 0 Å². The zero-order chi connectivity index (χ0) is 13.1. The number of halogens is 2. The highest BCUT2D eigenvalue weighted by molar-refractivity contribution is 6.35. The Bertz CT molecular complexity index is 604. The molecule has 0 atom stereocenters. The van der Waals surface area contributed by atoms with Crippen LogP contribution in [-0.2, 0) is 0 Å². The first-order valence-electron chi connectivity index (χ1n) is 5.00. The number of nitrogen functional groups attached to an aromatic ring is 1. The van der Waals surface area contributed by atoms with Crippen LogP contribution in [-0.4, -0.2) is 10.8 Å². The number of ether oxygens (including phenoxy) is 1. The number of pyridine rings is 1. The van der Waals surface area contributed by atoms with E-state index in [1.807, 2.05) is 0 Å². The lowest BCUT2D eigenvalue weighted by Gasteiger charge is -2.08. The molecule has 18 heavy (non-hydrogen) atoms. The number of nitrogens with two attached hydrogens (primary N) is 1. The van der Waals surface area contributed by atoms with Gasteiger partial charge < -0.3 is 10.5 Å². The molecule has 0 aliphatic heterocycles. The van der Waals surface area contributed by atoms with Gasteiger partial charge in [0, 0.05) is 17.8 Å². The van der Waals surface area contributed by atoms with Crippen LogP contribution in [0.4, 0.5) is 4.39 Å². The second-order valence-electron chi connectivity index (χ2n) is 3.45. The number of nitrogens with one attached hydrogen (secondary N) is 1. The smallest absolute Gasteiger partial charge is 0.238 e. The molecule has 0 aliphatic rings. The fraction of sp³-hybridized carbons (Fsp3) is 0. The van der Waals surface area contributed by atoms with Crippen molar-refractivity contribution in [3.8, 4) is 11.6 Å². The van der Waals surface area contributed by atoms with Gasteiger partial charge in [0.15, 0.2) is 0 Å². The largest absolute Gasteiger partial charge is 0.437 e. The molecule has 0 radical (unpaired) electrons. The molecule has 92 valence electrons. The van der Waals surface area contributed by atoms with Crippen molar-refractivity contribution in [2.75, 3.05) is 0 Å². The number of hydrogen-bond donors (Lipinski definition) is 2. The van der Waals surface area contributed by atoms with E-state index in [0.717, 1.165) is 0 Å². The lowest BCUT2D eigenvalue weighted by Crippen LogP contribution is -2.12. The first-order chi connectivity index (χ1) is 8.58. The summed E-state index contributed by atoms with van der Waals surface area (Å²) in [6.07, 6.45) is 1.41. The van der Waals surface area contributed by atoms with E-state index in [1.165, 1.54) is 30.5 Å². The lowest BCUT2D eigenvalue weighted by molar-refractivity contribution is 0.458. The van der Waals surface area contributed by atoms with Crippen molar-refractivity contribution in [1.29, 1.82) is 5.41 Å². The predicted octanol–water partition coefficient (Wildman–Crippen LogP) is 2.95. The summed E-state index contributed by atoms with van der Waals surface area (Å²) < 4.78 is 18.3. The molecule has 1 aromatic heterocycles. The van der Waals surface area contributed by atoms with Gasteiger partial charge in [0.2, 0.25) is 5.88 Å². The minimum Gasteiger partial charge on any atom is -0.437 e. The molecular weight excluding hydrogens is 257 g/mol. The summed E-state index contributed by atoms with van der Waals surface area (Å²) in [6, 6.07) is 7.09. The van der Waals surface area contributed by atoms with Crippen LogP contribution in [0, 0.1) is 11.2 Å². The Morgan fingerprint density at radius 3 is 2.83 bits per heavy atom. The maximum Gasteiger partial charge on any atom is 0.238 e. The fourth-order valence-corrected chi connectivity index (χ4v) is 1.60. The van der Waals surface area contributed by atoms with Gasteiger partial charge in [-0.3, -0.25) is 5.41 Å². The lowest BCUT2D eigenvalue weighted by atomic mass is 10.2. The van der Waals surface area contributed by atoms with Gasteiger partial charge in [0.25, 0.3) is 0 Å². The highest BCUT2D eigenvalue weighted by Gasteiger charge is 2.11. The van der Waals surface area contributed by atoms with Crippen LogP contribution in [0.25, 0.3) is 0 Å². The molecule has 0 bridgehead atoms. The van der Waals surface area contributed by atoms with Crippen molar-refractivity contribution in [2.24, 2.45) is 5.73 Å². The molecule has 3 N–H and O–H groups in total. The van der Waals surface area contributed by atoms with Gasteiger partial charge in [0.1, 0.15) is 22.4 Å². The average Bonchev–Trinajstić information content (AvgIpc) is 2.31. The average molecular weight is 266 g/mol. The minimum absolute atomic E-state index is 0.0787. The summed E-state index contributed by atoms with van der Waals surface area (Å²) in [6.45, 7) is 0. The minimum atomic E-state index is -0.425. The molecule has 0 saturated carbocycles. The van der Waals surface area contributed by atoms with E-state index in [1.54, 1.807) is 6.07 Å². The van der Waals surface area contributed by atoms with E-state index >= 15 is 0 Å². The van der Waals surface area contributed by atoms with Crippen LogP contribution in [0.15, 0.2) is 36.5 Å². The van der Waals surface area contributed by atoms with Gasteiger partial charge >= 0.3 is 0 Å². The number of hydrogen-bond acceptors (Lipinski definition) is 3. The summed E-state index contributed by atoms with van der Waals surface area (Å²) in [7, 11) is 0. The number of benzene rings is 1. The summed E-state index contributed by atoms with van der Waals surface area (Å²) in [5.41, 5.74) is 5.67. The topological polar surface area (TPSA) is 72.0 Å². The molecule has 2 aromatic rings. The Balaban J connectivity index is 2.35. The molecule has 0 amide bonds. The van der Waals surface area contributed by atoms with Crippen LogP contribution in [0.5, 0.6) is 11.6 Å². The Hall–Kier alpha value is -2.14. The molecule has 0 saturated heterocycles. The zero-order valence-electron chi connectivity index (χ0n) is 9.15. The van der Waals surface area contributed by atoms with E-state index in [0.29, 0.717) is 5.56 Å². The monoisotopic (exact) mass is 265 g/mol. The summed E-state index contributed by atoms with van der Waals surface area (Å²) in [5.74, 6) is -0.266. The molecule has 0 unspecified atom stereocenters. The highest BCUT2D eigenvalue weighted by atomic mass is 35.5. The van der Waals surface area contributed by atoms with Crippen LogP contribution < -0.4 is 10.5 Å². The van der Waals surface area contributed by atoms with Crippen molar-refractivity contribution in [1.82, 2.24) is 4.98 Å². The van der Waals surface area contributed by atoms with E-state index in [2.05, 4.69) is 4.98 Å². The Kier molecular flexibility index (Phi) is 3.43. The Labute approximate surface area is 108 Å². The Morgan fingerprint density at radius 2 is 2.17 bits per heavy atom. The van der Waals surface area contributed by atoms with E-state index in [9.17, 15) is 4.39 Å². The summed E-state index contributed by atoms with van der Waals surface area (Å²) in [4.78, 5) is 3.92. The number of rotatable bonds is 3. The zero-order valence-corrected chi connectivity index (χ0v) is 9.91. The molecular formula is C12H9ClFN3O. The quantitative estimate of drug-likeness (QED) is 0.662. The molecule has 0 fully saturated rings. The highest BCUT2D eigenvalue weighted by Crippen LogP contribution is 2.29. The third kappa shape index (κ3) is 2.57. The predicted molar refractivity (Wildman–Crippen MR) is 66.7 cm³/mol. The summed E-state index contributed by atoms with van der Waals surface area (Å²) in [5, 5.41) is 7.46. The van der Waals surface area contributed by atoms with Crippen molar-refractivity contribution in [3.63, 3.8) is 0 Å². The standard InChI is InChI=1S/C12H9ClFN3O/c13-10-9(11(15)16)4-5-17-12(10)18-8-3-1-2-7(14)6-8/h1-6H,(H3,15,16). The third-order valence-corrected chi connectivity index (χ3v) is 2.52. The van der Waals surface area contributed by atoms with Gasteiger partial charge in [0.05, 0.1) is 0 Å². The van der Waals surface area contributed by atoms with Gasteiger partial charge in [-0.2, -0.15) is 0 Å². The van der Waals surface area contributed by atoms with Crippen LogP contribution in [0.1, 0.15) is 5.56 Å². The molecule has 4 nitrogen and oxygen atoms in total. The van der Waals surface area contributed by atoms with Crippen LogP contribution in [0.2, 0.25) is 5.02 Å². The van der Waals surface area contributed by atoms with Crippen LogP contribution >= 0.6 is 11.6 Å².